The van der Waals surface area contributed by atoms with Crippen molar-refractivity contribution in [2.45, 2.75) is 12.8 Å². The molecular formula is C13H17N5O3S. The Balaban J connectivity index is 1.82. The van der Waals surface area contributed by atoms with Crippen molar-refractivity contribution in [2.75, 3.05) is 32.1 Å². The summed E-state index contributed by atoms with van der Waals surface area (Å²) in [6.45, 7) is 1.21. The van der Waals surface area contributed by atoms with E-state index in [1.165, 1.54) is 15.7 Å². The first kappa shape index (κ1) is 14.8. The smallest absolute Gasteiger partial charge is 0.358 e. The zero-order chi connectivity index (χ0) is 15.9. The van der Waals surface area contributed by atoms with Gasteiger partial charge in [0.15, 0.2) is 0 Å². The lowest BCUT2D eigenvalue weighted by Gasteiger charge is -2.32. The number of nitrogens with zero attached hydrogens (tertiary/aromatic N) is 5. The first-order valence-electron chi connectivity index (χ1n) is 7.05. The number of thiazole rings is 1. The fraction of sp³-hybridized carbons (Fsp3) is 0.538. The van der Waals surface area contributed by atoms with Gasteiger partial charge in [0.25, 0.3) is 4.96 Å². The summed E-state index contributed by atoms with van der Waals surface area (Å²) in [5.74, 6) is 0.537. The Hall–Kier alpha value is -2.16. The summed E-state index contributed by atoms with van der Waals surface area (Å²) in [7, 11) is 3.51. The number of nitro groups is 1. The second-order valence-electron chi connectivity index (χ2n) is 5.57. The van der Waals surface area contributed by atoms with E-state index in [9.17, 15) is 14.9 Å². The Labute approximate surface area is 131 Å². The van der Waals surface area contributed by atoms with Crippen molar-refractivity contribution in [3.8, 4) is 0 Å². The van der Waals surface area contributed by atoms with Crippen molar-refractivity contribution in [1.29, 1.82) is 0 Å². The summed E-state index contributed by atoms with van der Waals surface area (Å²) in [6.07, 6.45) is 3.05. The Morgan fingerprint density at radius 3 is 2.73 bits per heavy atom. The summed E-state index contributed by atoms with van der Waals surface area (Å²) in [5, 5.41) is 13.1. The molecule has 1 amide bonds. The molecule has 3 heterocycles. The number of fused-ring (bicyclic) bond motifs is 1. The van der Waals surface area contributed by atoms with E-state index in [4.69, 9.17) is 0 Å². The molecule has 0 bridgehead atoms. The maximum Gasteiger partial charge on any atom is 0.373 e. The van der Waals surface area contributed by atoms with Crippen LogP contribution in [0.5, 0.6) is 0 Å². The van der Waals surface area contributed by atoms with Gasteiger partial charge >= 0.3 is 5.82 Å². The number of amides is 1. The predicted octanol–water partition coefficient (Wildman–Crippen LogP) is 1.61. The van der Waals surface area contributed by atoms with Crippen molar-refractivity contribution in [2.24, 2.45) is 5.92 Å². The Kier molecular flexibility index (Phi) is 3.73. The third-order valence-corrected chi connectivity index (χ3v) is 4.73. The number of hydrogen-bond donors (Lipinski definition) is 0. The summed E-state index contributed by atoms with van der Waals surface area (Å²) in [6, 6.07) is 0. The van der Waals surface area contributed by atoms with Crippen LogP contribution in [0.3, 0.4) is 0 Å². The molecule has 9 heteroatoms. The molecule has 0 spiro atoms. The number of aromatic nitrogens is 2. The lowest BCUT2D eigenvalue weighted by Crippen LogP contribution is -2.40. The second-order valence-corrected chi connectivity index (χ2v) is 6.44. The van der Waals surface area contributed by atoms with E-state index in [1.54, 1.807) is 30.6 Å². The highest BCUT2D eigenvalue weighted by Crippen LogP contribution is 2.33. The van der Waals surface area contributed by atoms with E-state index in [0.717, 1.165) is 0 Å². The van der Waals surface area contributed by atoms with Crippen molar-refractivity contribution < 1.29 is 9.72 Å². The molecule has 8 nitrogen and oxygen atoms in total. The van der Waals surface area contributed by atoms with Gasteiger partial charge in [0.1, 0.15) is 6.20 Å². The lowest BCUT2D eigenvalue weighted by molar-refractivity contribution is -0.389. The Morgan fingerprint density at radius 2 is 2.14 bits per heavy atom. The van der Waals surface area contributed by atoms with Gasteiger partial charge in [-0.15, -0.1) is 0 Å². The molecule has 2 aromatic rings. The van der Waals surface area contributed by atoms with Gasteiger partial charge in [-0.05, 0) is 17.8 Å². The quantitative estimate of drug-likeness (QED) is 0.633. The van der Waals surface area contributed by atoms with Crippen LogP contribution in [0.2, 0.25) is 0 Å². The van der Waals surface area contributed by atoms with Crippen LogP contribution in [-0.4, -0.2) is 52.3 Å². The van der Waals surface area contributed by atoms with Crippen LogP contribution in [0.25, 0.3) is 4.96 Å². The SMILES string of the molecule is CN(C)C(=O)C1CCN(c2nc3sccn3c2[N+](=O)[O-])CC1. The minimum Gasteiger partial charge on any atom is -0.358 e. The van der Waals surface area contributed by atoms with Crippen molar-refractivity contribution in [3.63, 3.8) is 0 Å². The molecule has 1 saturated heterocycles. The maximum atomic E-state index is 12.0. The fourth-order valence-electron chi connectivity index (χ4n) is 2.85. The normalized spacial score (nSPS) is 16.2. The van der Waals surface area contributed by atoms with E-state index >= 15 is 0 Å². The third-order valence-electron chi connectivity index (χ3n) is 3.98. The standard InChI is InChI=1S/C13H17N5O3S/c1-15(2)12(19)9-3-5-16(6-4-9)10-11(18(20)21)17-7-8-22-13(17)14-10/h7-9H,3-6H2,1-2H3. The minimum atomic E-state index is -0.390. The number of rotatable bonds is 3. The van der Waals surface area contributed by atoms with Gasteiger partial charge in [-0.25, -0.2) is 0 Å². The third kappa shape index (κ3) is 2.41. The molecule has 2 aromatic heterocycles. The average molecular weight is 323 g/mol. The van der Waals surface area contributed by atoms with Gasteiger partial charge in [0, 0.05) is 38.5 Å². The number of carbonyl (C=O) groups is 1. The number of anilines is 1. The lowest BCUT2D eigenvalue weighted by atomic mass is 9.95. The molecule has 1 fully saturated rings. The zero-order valence-corrected chi connectivity index (χ0v) is 13.2. The molecule has 1 aliphatic rings. The zero-order valence-electron chi connectivity index (χ0n) is 12.4. The molecular weight excluding hydrogens is 306 g/mol. The molecule has 1 aliphatic heterocycles. The van der Waals surface area contributed by atoms with Crippen molar-refractivity contribution in [1.82, 2.24) is 14.3 Å². The minimum absolute atomic E-state index is 0.00552. The van der Waals surface area contributed by atoms with Crippen LogP contribution in [0.15, 0.2) is 11.6 Å². The van der Waals surface area contributed by atoms with E-state index in [1.807, 2.05) is 4.90 Å². The van der Waals surface area contributed by atoms with Crippen LogP contribution >= 0.6 is 11.3 Å². The van der Waals surface area contributed by atoms with Crippen molar-refractivity contribution in [3.05, 3.63) is 21.7 Å². The summed E-state index contributed by atoms with van der Waals surface area (Å²) < 4.78 is 1.51. The second kappa shape index (κ2) is 5.56. The van der Waals surface area contributed by atoms with Gasteiger partial charge in [0.05, 0.1) is 0 Å². The van der Waals surface area contributed by atoms with Gasteiger partial charge in [-0.2, -0.15) is 9.38 Å². The van der Waals surface area contributed by atoms with Gasteiger partial charge in [-0.3, -0.25) is 4.79 Å². The van der Waals surface area contributed by atoms with Crippen LogP contribution in [0.4, 0.5) is 11.6 Å². The van der Waals surface area contributed by atoms with E-state index in [-0.39, 0.29) is 22.6 Å². The largest absolute Gasteiger partial charge is 0.373 e. The summed E-state index contributed by atoms with van der Waals surface area (Å²) in [5.41, 5.74) is 0. The van der Waals surface area contributed by atoms with Crippen LogP contribution < -0.4 is 4.90 Å². The molecule has 0 atom stereocenters. The first-order valence-corrected chi connectivity index (χ1v) is 7.93. The summed E-state index contributed by atoms with van der Waals surface area (Å²) >= 11 is 1.37. The summed E-state index contributed by atoms with van der Waals surface area (Å²) in [4.78, 5) is 31.5. The monoisotopic (exact) mass is 323 g/mol. The molecule has 118 valence electrons. The molecule has 0 saturated carbocycles. The number of imidazole rings is 1. The van der Waals surface area contributed by atoms with Crippen LogP contribution in [-0.2, 0) is 4.79 Å². The topological polar surface area (TPSA) is 84.0 Å². The van der Waals surface area contributed by atoms with E-state index < -0.39 is 0 Å². The van der Waals surface area contributed by atoms with Gasteiger partial charge < -0.3 is 19.9 Å². The maximum absolute atomic E-state index is 12.0. The van der Waals surface area contributed by atoms with Gasteiger partial charge in [-0.1, -0.05) is 11.3 Å². The highest BCUT2D eigenvalue weighted by atomic mass is 32.1. The molecule has 0 aliphatic carbocycles. The molecule has 0 unspecified atom stereocenters. The molecule has 0 aromatic carbocycles. The van der Waals surface area contributed by atoms with Crippen LogP contribution in [0, 0.1) is 16.0 Å². The van der Waals surface area contributed by atoms with E-state index in [0.29, 0.717) is 36.7 Å². The number of piperidine rings is 1. The number of carbonyl (C=O) groups excluding carboxylic acids is 1. The highest BCUT2D eigenvalue weighted by Gasteiger charge is 2.32. The first-order chi connectivity index (χ1) is 10.5. The van der Waals surface area contributed by atoms with Crippen molar-refractivity contribution >= 4 is 33.8 Å². The Bertz CT molecular complexity index is 714. The number of hydrogen-bond acceptors (Lipinski definition) is 6. The van der Waals surface area contributed by atoms with Gasteiger partial charge in [0.2, 0.25) is 11.7 Å². The predicted molar refractivity (Wildman–Crippen MR) is 83.4 cm³/mol. The highest BCUT2D eigenvalue weighted by molar-refractivity contribution is 7.15. The molecule has 0 N–H and O–H groups in total. The van der Waals surface area contributed by atoms with Crippen LogP contribution in [0.1, 0.15) is 12.8 Å². The molecule has 0 radical (unpaired) electrons. The van der Waals surface area contributed by atoms with E-state index in [2.05, 4.69) is 4.98 Å². The fourth-order valence-corrected chi connectivity index (χ4v) is 3.55. The molecule has 3 rings (SSSR count). The Morgan fingerprint density at radius 1 is 1.45 bits per heavy atom. The molecule has 22 heavy (non-hydrogen) atoms. The average Bonchev–Trinajstić information content (AvgIpc) is 3.06.